The van der Waals surface area contributed by atoms with Crippen LogP contribution in [-0.4, -0.2) is 30.4 Å². The highest BCUT2D eigenvalue weighted by molar-refractivity contribution is 5.81. The molecular formula is C15H22FN3O. The summed E-state index contributed by atoms with van der Waals surface area (Å²) in [4.78, 5) is 14.1. The number of nitrogens with one attached hydrogen (secondary N) is 1. The quantitative estimate of drug-likeness (QED) is 0.875. The highest BCUT2D eigenvalue weighted by Gasteiger charge is 2.28. The maximum absolute atomic E-state index is 13.2. The van der Waals surface area contributed by atoms with Crippen LogP contribution in [0.15, 0.2) is 18.2 Å². The lowest BCUT2D eigenvalue weighted by molar-refractivity contribution is -0.127. The van der Waals surface area contributed by atoms with Gasteiger partial charge in [0.05, 0.1) is 6.04 Å². The summed E-state index contributed by atoms with van der Waals surface area (Å²) in [6, 6.07) is 4.61. The van der Waals surface area contributed by atoms with E-state index in [4.69, 9.17) is 5.73 Å². The van der Waals surface area contributed by atoms with E-state index in [9.17, 15) is 9.18 Å². The molecule has 1 amide bonds. The standard InChI is InChI=1S/C15H22FN3O/c1-18-15(20)14-4-2-3-7-19(14)10-11-5-6-13(16)8-12(11)9-17/h5-6,8,14H,2-4,7,9-10,17H2,1H3,(H,18,20). The van der Waals surface area contributed by atoms with Crippen LogP contribution >= 0.6 is 0 Å². The average molecular weight is 279 g/mol. The second kappa shape index (κ2) is 6.81. The molecule has 0 saturated carbocycles. The van der Waals surface area contributed by atoms with Crippen molar-refractivity contribution in [1.29, 1.82) is 0 Å². The third-order valence-corrected chi connectivity index (χ3v) is 3.92. The summed E-state index contributed by atoms with van der Waals surface area (Å²) in [6.07, 6.45) is 3.03. The van der Waals surface area contributed by atoms with Gasteiger partial charge in [-0.1, -0.05) is 12.5 Å². The van der Waals surface area contributed by atoms with Gasteiger partial charge in [-0.3, -0.25) is 9.69 Å². The van der Waals surface area contributed by atoms with Crippen LogP contribution in [0.1, 0.15) is 30.4 Å². The molecule has 1 aliphatic rings. The minimum absolute atomic E-state index is 0.0566. The van der Waals surface area contributed by atoms with Gasteiger partial charge in [-0.15, -0.1) is 0 Å². The second-order valence-corrected chi connectivity index (χ2v) is 5.21. The number of carbonyl (C=O) groups is 1. The van der Waals surface area contributed by atoms with Gasteiger partial charge in [0, 0.05) is 20.1 Å². The predicted molar refractivity (Wildman–Crippen MR) is 76.4 cm³/mol. The Labute approximate surface area is 119 Å². The van der Waals surface area contributed by atoms with Crippen molar-refractivity contribution < 1.29 is 9.18 Å². The van der Waals surface area contributed by atoms with Crippen molar-refractivity contribution in [1.82, 2.24) is 10.2 Å². The van der Waals surface area contributed by atoms with Crippen LogP contribution in [-0.2, 0) is 17.9 Å². The van der Waals surface area contributed by atoms with E-state index < -0.39 is 0 Å². The van der Waals surface area contributed by atoms with Crippen LogP contribution in [0.3, 0.4) is 0 Å². The van der Waals surface area contributed by atoms with Gasteiger partial charge in [-0.2, -0.15) is 0 Å². The van der Waals surface area contributed by atoms with Crippen molar-refractivity contribution in [3.63, 3.8) is 0 Å². The van der Waals surface area contributed by atoms with Gasteiger partial charge in [0.25, 0.3) is 0 Å². The summed E-state index contributed by atoms with van der Waals surface area (Å²) in [5.41, 5.74) is 7.50. The molecule has 1 fully saturated rings. The Morgan fingerprint density at radius 1 is 1.45 bits per heavy atom. The Kier molecular flexibility index (Phi) is 5.09. The first-order valence-electron chi connectivity index (χ1n) is 7.08. The highest BCUT2D eigenvalue weighted by Crippen LogP contribution is 2.21. The minimum Gasteiger partial charge on any atom is -0.358 e. The average Bonchev–Trinajstić information content (AvgIpc) is 2.48. The summed E-state index contributed by atoms with van der Waals surface area (Å²) in [5, 5.41) is 2.72. The molecule has 0 aromatic heterocycles. The number of hydrogen-bond acceptors (Lipinski definition) is 3. The summed E-state index contributed by atoms with van der Waals surface area (Å²) < 4.78 is 13.2. The lowest BCUT2D eigenvalue weighted by atomic mass is 9.99. The molecule has 1 aliphatic heterocycles. The van der Waals surface area contributed by atoms with Gasteiger partial charge >= 0.3 is 0 Å². The van der Waals surface area contributed by atoms with Gasteiger partial charge < -0.3 is 11.1 Å². The smallest absolute Gasteiger partial charge is 0.237 e. The molecule has 0 radical (unpaired) electrons. The number of amides is 1. The molecule has 2 rings (SSSR count). The Bertz CT molecular complexity index is 478. The summed E-state index contributed by atoms with van der Waals surface area (Å²) in [5.74, 6) is -0.211. The van der Waals surface area contributed by atoms with Crippen LogP contribution in [0.5, 0.6) is 0 Å². The Balaban J connectivity index is 2.16. The summed E-state index contributed by atoms with van der Waals surface area (Å²) in [7, 11) is 1.67. The van der Waals surface area contributed by atoms with Crippen LogP contribution in [0.4, 0.5) is 4.39 Å². The predicted octanol–water partition coefficient (Wildman–Crippen LogP) is 1.38. The lowest BCUT2D eigenvalue weighted by Crippen LogP contribution is -2.48. The largest absolute Gasteiger partial charge is 0.358 e. The van der Waals surface area contributed by atoms with Crippen molar-refractivity contribution in [3.05, 3.63) is 35.1 Å². The Morgan fingerprint density at radius 2 is 2.25 bits per heavy atom. The zero-order valence-corrected chi connectivity index (χ0v) is 11.9. The van der Waals surface area contributed by atoms with Crippen molar-refractivity contribution in [3.8, 4) is 0 Å². The van der Waals surface area contributed by atoms with Crippen molar-refractivity contribution in [2.75, 3.05) is 13.6 Å². The first-order chi connectivity index (χ1) is 9.65. The molecular weight excluding hydrogens is 257 g/mol. The zero-order valence-electron chi connectivity index (χ0n) is 11.9. The molecule has 1 saturated heterocycles. The van der Waals surface area contributed by atoms with E-state index in [1.165, 1.54) is 12.1 Å². The number of nitrogens with zero attached hydrogens (tertiary/aromatic N) is 1. The number of likely N-dealkylation sites (tertiary alicyclic amines) is 1. The Morgan fingerprint density at radius 3 is 2.95 bits per heavy atom. The molecule has 0 aliphatic carbocycles. The molecule has 0 spiro atoms. The molecule has 1 aromatic carbocycles. The molecule has 110 valence electrons. The van der Waals surface area contributed by atoms with E-state index in [-0.39, 0.29) is 17.8 Å². The fraction of sp³-hybridized carbons (Fsp3) is 0.533. The van der Waals surface area contributed by atoms with E-state index in [1.807, 2.05) is 0 Å². The monoisotopic (exact) mass is 279 g/mol. The third kappa shape index (κ3) is 3.35. The summed E-state index contributed by atoms with van der Waals surface area (Å²) in [6.45, 7) is 1.84. The maximum atomic E-state index is 13.2. The SMILES string of the molecule is CNC(=O)C1CCCCN1Cc1ccc(F)cc1CN. The van der Waals surface area contributed by atoms with Crippen molar-refractivity contribution in [2.24, 2.45) is 5.73 Å². The van der Waals surface area contributed by atoms with Gasteiger partial charge in [0.15, 0.2) is 0 Å². The number of halogens is 1. The topological polar surface area (TPSA) is 58.4 Å². The molecule has 1 aromatic rings. The van der Waals surface area contributed by atoms with Crippen molar-refractivity contribution >= 4 is 5.91 Å². The van der Waals surface area contributed by atoms with Gasteiger partial charge in [0.1, 0.15) is 5.82 Å². The molecule has 4 nitrogen and oxygen atoms in total. The number of piperidine rings is 1. The first kappa shape index (κ1) is 14.9. The fourth-order valence-corrected chi connectivity index (χ4v) is 2.80. The summed E-state index contributed by atoms with van der Waals surface area (Å²) >= 11 is 0. The normalized spacial score (nSPS) is 19.9. The first-order valence-corrected chi connectivity index (χ1v) is 7.08. The van der Waals surface area contributed by atoms with E-state index in [0.29, 0.717) is 13.1 Å². The number of carbonyl (C=O) groups excluding carboxylic acids is 1. The van der Waals surface area contributed by atoms with Crippen LogP contribution in [0.25, 0.3) is 0 Å². The third-order valence-electron chi connectivity index (χ3n) is 3.92. The lowest BCUT2D eigenvalue weighted by Gasteiger charge is -2.34. The number of rotatable bonds is 4. The number of benzene rings is 1. The highest BCUT2D eigenvalue weighted by atomic mass is 19.1. The van der Waals surface area contributed by atoms with E-state index in [2.05, 4.69) is 10.2 Å². The van der Waals surface area contributed by atoms with Gasteiger partial charge in [-0.05, 0) is 42.6 Å². The molecule has 1 atom stereocenters. The number of hydrogen-bond donors (Lipinski definition) is 2. The van der Waals surface area contributed by atoms with Crippen LogP contribution in [0, 0.1) is 5.82 Å². The molecule has 1 heterocycles. The number of likely N-dealkylation sites (N-methyl/N-ethyl adjacent to an activating group) is 1. The minimum atomic E-state index is -0.268. The molecule has 5 heteroatoms. The Hall–Kier alpha value is -1.46. The molecule has 1 unspecified atom stereocenters. The van der Waals surface area contributed by atoms with Crippen molar-refractivity contribution in [2.45, 2.75) is 38.4 Å². The second-order valence-electron chi connectivity index (χ2n) is 5.21. The maximum Gasteiger partial charge on any atom is 0.237 e. The number of nitrogens with two attached hydrogens (primary N) is 1. The van der Waals surface area contributed by atoms with E-state index in [0.717, 1.165) is 36.9 Å². The zero-order chi connectivity index (χ0) is 14.5. The van der Waals surface area contributed by atoms with Crippen LogP contribution < -0.4 is 11.1 Å². The fourth-order valence-electron chi connectivity index (χ4n) is 2.80. The van der Waals surface area contributed by atoms with E-state index in [1.54, 1.807) is 13.1 Å². The molecule has 20 heavy (non-hydrogen) atoms. The van der Waals surface area contributed by atoms with Gasteiger partial charge in [-0.25, -0.2) is 4.39 Å². The van der Waals surface area contributed by atoms with Crippen LogP contribution in [0.2, 0.25) is 0 Å². The molecule has 0 bridgehead atoms. The van der Waals surface area contributed by atoms with Gasteiger partial charge in [0.2, 0.25) is 5.91 Å². The van der Waals surface area contributed by atoms with E-state index >= 15 is 0 Å². The molecule has 3 N–H and O–H groups in total.